The molecular weight excluding hydrogens is 200 g/mol. The quantitative estimate of drug-likeness (QED) is 0.512. The number of piperidine rings is 1. The van der Waals surface area contributed by atoms with Gasteiger partial charge in [-0.1, -0.05) is 12.8 Å². The van der Waals surface area contributed by atoms with Gasteiger partial charge in [0, 0.05) is 5.92 Å². The average molecular weight is 212 g/mol. The monoisotopic (exact) mass is 211 g/mol. The summed E-state index contributed by atoms with van der Waals surface area (Å²) >= 11 is 0. The molecule has 1 saturated heterocycles. The smallest absolute Gasteiger partial charge is 0.662 e. The molecule has 0 aromatic rings. The number of rotatable bonds is 1. The number of nitrogens with zero attached hydrogens (tertiary/aromatic N) is 1. The van der Waals surface area contributed by atoms with E-state index in [9.17, 15) is 4.79 Å². The van der Waals surface area contributed by atoms with E-state index in [4.69, 9.17) is 0 Å². The second kappa shape index (κ2) is 6.01. The molecule has 0 unspecified atom stereocenters. The van der Waals surface area contributed by atoms with Gasteiger partial charge in [-0.15, -0.1) is 13.1 Å². The van der Waals surface area contributed by atoms with E-state index in [1.807, 2.05) is 0 Å². The van der Waals surface area contributed by atoms with E-state index < -0.39 is 0 Å². The van der Waals surface area contributed by atoms with Gasteiger partial charge in [-0.3, -0.25) is 4.79 Å². The summed E-state index contributed by atoms with van der Waals surface area (Å²) in [6, 6.07) is 0. The SMILES string of the molecule is CC(=O)C1CC[N-]CC1.[Rb+]. The molecular formula is C7H12NORb. The molecule has 0 amide bonds. The van der Waals surface area contributed by atoms with E-state index in [1.165, 1.54) is 0 Å². The van der Waals surface area contributed by atoms with E-state index >= 15 is 0 Å². The van der Waals surface area contributed by atoms with Gasteiger partial charge in [-0.25, -0.2) is 0 Å². The Hall–Kier alpha value is 1.44. The van der Waals surface area contributed by atoms with Gasteiger partial charge in [-0.05, 0) is 6.92 Å². The first-order valence-corrected chi connectivity index (χ1v) is 3.44. The molecule has 3 heteroatoms. The van der Waals surface area contributed by atoms with Crippen LogP contribution in [0.25, 0.3) is 5.32 Å². The Bertz CT molecular complexity index is 110. The minimum absolute atomic E-state index is 0. The molecule has 10 heavy (non-hydrogen) atoms. The van der Waals surface area contributed by atoms with Crippen molar-refractivity contribution in [2.75, 3.05) is 13.1 Å². The van der Waals surface area contributed by atoms with Crippen LogP contribution in [0.15, 0.2) is 0 Å². The number of Topliss-reactive ketones (excluding diaryl/α,β-unsaturated/α-hetero) is 1. The maximum atomic E-state index is 10.8. The van der Waals surface area contributed by atoms with Crippen LogP contribution in [-0.4, -0.2) is 18.9 Å². The first kappa shape index (κ1) is 11.4. The Morgan fingerprint density at radius 2 is 1.90 bits per heavy atom. The zero-order valence-electron chi connectivity index (χ0n) is 6.76. The molecule has 0 saturated carbocycles. The molecule has 0 aromatic heterocycles. The first-order valence-electron chi connectivity index (χ1n) is 3.44. The molecule has 0 N–H and O–H groups in total. The van der Waals surface area contributed by atoms with Gasteiger partial charge < -0.3 is 5.32 Å². The molecule has 1 heterocycles. The normalized spacial score (nSPS) is 19.7. The molecule has 1 aliphatic heterocycles. The number of hydrogen-bond acceptors (Lipinski definition) is 1. The van der Waals surface area contributed by atoms with Gasteiger partial charge in [0.25, 0.3) is 0 Å². The Morgan fingerprint density at radius 1 is 1.40 bits per heavy atom. The van der Waals surface area contributed by atoms with E-state index in [0.29, 0.717) is 11.7 Å². The van der Waals surface area contributed by atoms with E-state index in [1.54, 1.807) is 6.92 Å². The summed E-state index contributed by atoms with van der Waals surface area (Å²) in [6.07, 6.45) is 1.96. The van der Waals surface area contributed by atoms with Crippen molar-refractivity contribution in [2.24, 2.45) is 5.92 Å². The first-order chi connectivity index (χ1) is 4.30. The van der Waals surface area contributed by atoms with E-state index in [0.717, 1.165) is 25.9 Å². The minimum Gasteiger partial charge on any atom is -0.662 e. The Kier molecular flexibility index (Phi) is 6.87. The van der Waals surface area contributed by atoms with Crippen LogP contribution in [0.3, 0.4) is 0 Å². The fourth-order valence-electron chi connectivity index (χ4n) is 1.16. The van der Waals surface area contributed by atoms with Gasteiger partial charge in [0.2, 0.25) is 0 Å². The third kappa shape index (κ3) is 3.72. The van der Waals surface area contributed by atoms with Crippen molar-refractivity contribution in [3.8, 4) is 0 Å². The number of carbonyl (C=O) groups is 1. The Labute approximate surface area is 111 Å². The standard InChI is InChI=1S/C7H12NO.Rb/c1-6(9)7-2-4-8-5-3-7;/h7H,2-5H2,1H3;/q-1;+1. The summed E-state index contributed by atoms with van der Waals surface area (Å²) in [6.45, 7) is 3.46. The van der Waals surface area contributed by atoms with Crippen LogP contribution in [-0.2, 0) is 4.79 Å². The second-order valence-electron chi connectivity index (χ2n) is 2.56. The molecule has 52 valence electrons. The van der Waals surface area contributed by atoms with Crippen LogP contribution in [0.1, 0.15) is 19.8 Å². The Morgan fingerprint density at radius 3 is 2.20 bits per heavy atom. The van der Waals surface area contributed by atoms with Crippen molar-refractivity contribution < 1.29 is 63.0 Å². The maximum Gasteiger partial charge on any atom is 1.00 e. The molecule has 1 rings (SSSR count). The average Bonchev–Trinajstić information content (AvgIpc) is 1.90. The summed E-state index contributed by atoms with van der Waals surface area (Å²) in [7, 11) is 0. The molecule has 0 atom stereocenters. The van der Waals surface area contributed by atoms with Crippen LogP contribution in [0.2, 0.25) is 0 Å². The van der Waals surface area contributed by atoms with Gasteiger partial charge in [0.15, 0.2) is 0 Å². The van der Waals surface area contributed by atoms with Crippen molar-refractivity contribution >= 4 is 5.78 Å². The molecule has 1 fully saturated rings. The number of hydrogen-bond donors (Lipinski definition) is 0. The van der Waals surface area contributed by atoms with Gasteiger partial charge in [0.05, 0.1) is 0 Å². The fourth-order valence-corrected chi connectivity index (χ4v) is 1.16. The summed E-state index contributed by atoms with van der Waals surface area (Å²) in [5.41, 5.74) is 0. The summed E-state index contributed by atoms with van der Waals surface area (Å²) in [5, 5.41) is 4.16. The van der Waals surface area contributed by atoms with Crippen molar-refractivity contribution in [1.29, 1.82) is 0 Å². The molecule has 0 radical (unpaired) electrons. The van der Waals surface area contributed by atoms with Crippen LogP contribution in [0.4, 0.5) is 0 Å². The minimum atomic E-state index is 0. The largest absolute Gasteiger partial charge is 1.00 e. The second-order valence-corrected chi connectivity index (χ2v) is 2.56. The van der Waals surface area contributed by atoms with Crippen molar-refractivity contribution in [2.45, 2.75) is 19.8 Å². The topological polar surface area (TPSA) is 31.2 Å². The van der Waals surface area contributed by atoms with E-state index in [2.05, 4.69) is 5.32 Å². The van der Waals surface area contributed by atoms with Crippen molar-refractivity contribution in [1.82, 2.24) is 0 Å². The predicted octanol–water partition coefficient (Wildman–Crippen LogP) is -1.64. The van der Waals surface area contributed by atoms with Gasteiger partial charge >= 0.3 is 58.2 Å². The molecule has 0 aliphatic carbocycles. The van der Waals surface area contributed by atoms with Crippen LogP contribution in [0.5, 0.6) is 0 Å². The maximum absolute atomic E-state index is 10.8. The van der Waals surface area contributed by atoms with Crippen LogP contribution >= 0.6 is 0 Å². The zero-order chi connectivity index (χ0) is 6.69. The number of carbonyl (C=O) groups excluding carboxylic acids is 1. The Balaban J connectivity index is 0.000000810. The molecule has 0 bridgehead atoms. The third-order valence-electron chi connectivity index (χ3n) is 1.85. The van der Waals surface area contributed by atoms with Gasteiger partial charge in [-0.2, -0.15) is 0 Å². The van der Waals surface area contributed by atoms with Crippen molar-refractivity contribution in [3.63, 3.8) is 0 Å². The molecule has 1 aliphatic rings. The van der Waals surface area contributed by atoms with Gasteiger partial charge in [0.1, 0.15) is 5.78 Å². The predicted molar refractivity (Wildman–Crippen MR) is 36.5 cm³/mol. The fraction of sp³-hybridized carbons (Fsp3) is 0.857. The summed E-state index contributed by atoms with van der Waals surface area (Å²) in [4.78, 5) is 10.8. The number of ketones is 1. The van der Waals surface area contributed by atoms with Crippen molar-refractivity contribution in [3.05, 3.63) is 5.32 Å². The summed E-state index contributed by atoms with van der Waals surface area (Å²) < 4.78 is 0. The van der Waals surface area contributed by atoms with Crippen LogP contribution in [0, 0.1) is 5.92 Å². The zero-order valence-corrected chi connectivity index (χ0v) is 11.7. The molecule has 0 aromatic carbocycles. The van der Waals surface area contributed by atoms with E-state index in [-0.39, 0.29) is 58.2 Å². The van der Waals surface area contributed by atoms with Crippen LogP contribution < -0.4 is 58.2 Å². The summed E-state index contributed by atoms with van der Waals surface area (Å²) in [5.74, 6) is 0.660. The molecule has 0 spiro atoms. The molecule has 2 nitrogen and oxygen atoms in total. The third-order valence-corrected chi connectivity index (χ3v) is 1.85.